The van der Waals surface area contributed by atoms with Crippen LogP contribution < -0.4 is 10.2 Å². The first kappa shape index (κ1) is 16.3. The average Bonchev–Trinajstić information content (AvgIpc) is 2.47. The second kappa shape index (κ2) is 6.34. The molecule has 120 valence electrons. The highest BCUT2D eigenvalue weighted by Crippen LogP contribution is 2.33. The SMILES string of the molecule is CCC(C)OC(=O)C(C)N1C(=O)C(C)Nc2cc(F)ccc21. The number of fused-ring (bicyclic) bond motifs is 1. The van der Waals surface area contributed by atoms with E-state index in [1.165, 1.54) is 23.1 Å². The smallest absolute Gasteiger partial charge is 0.329 e. The maximum atomic E-state index is 13.4. The number of ether oxygens (including phenoxy) is 1. The number of carbonyl (C=O) groups excluding carboxylic acids is 2. The van der Waals surface area contributed by atoms with Crippen LogP contribution in [0.2, 0.25) is 0 Å². The summed E-state index contributed by atoms with van der Waals surface area (Å²) < 4.78 is 18.7. The number of nitrogens with one attached hydrogen (secondary N) is 1. The molecule has 1 heterocycles. The molecule has 0 saturated heterocycles. The Bertz CT molecular complexity index is 591. The Kier molecular flexibility index (Phi) is 4.68. The van der Waals surface area contributed by atoms with Crippen molar-refractivity contribution in [2.45, 2.75) is 52.3 Å². The number of benzene rings is 1. The molecule has 0 saturated carbocycles. The van der Waals surface area contributed by atoms with Crippen LogP contribution in [0, 0.1) is 5.82 Å². The van der Waals surface area contributed by atoms with Crippen molar-refractivity contribution in [3.63, 3.8) is 0 Å². The number of esters is 1. The molecule has 5 nitrogen and oxygen atoms in total. The normalized spacial score (nSPS) is 20.0. The van der Waals surface area contributed by atoms with E-state index >= 15 is 0 Å². The number of nitrogens with zero attached hydrogens (tertiary/aromatic N) is 1. The highest BCUT2D eigenvalue weighted by Gasteiger charge is 2.36. The van der Waals surface area contributed by atoms with Gasteiger partial charge >= 0.3 is 5.97 Å². The van der Waals surface area contributed by atoms with E-state index in [-0.39, 0.29) is 12.0 Å². The molecule has 0 bridgehead atoms. The number of halogens is 1. The van der Waals surface area contributed by atoms with E-state index in [0.717, 1.165) is 0 Å². The summed E-state index contributed by atoms with van der Waals surface area (Å²) in [5.41, 5.74) is 0.980. The van der Waals surface area contributed by atoms with Gasteiger partial charge in [0.05, 0.1) is 17.5 Å². The minimum atomic E-state index is -0.768. The zero-order chi connectivity index (χ0) is 16.4. The second-order valence-electron chi connectivity index (χ2n) is 5.57. The Morgan fingerprint density at radius 2 is 2.14 bits per heavy atom. The van der Waals surface area contributed by atoms with Crippen molar-refractivity contribution in [3.8, 4) is 0 Å². The van der Waals surface area contributed by atoms with Crippen LogP contribution in [0.25, 0.3) is 0 Å². The molecular formula is C16H21FN2O3. The third-order valence-corrected chi connectivity index (χ3v) is 3.82. The fraction of sp³-hybridized carbons (Fsp3) is 0.500. The van der Waals surface area contributed by atoms with Crippen molar-refractivity contribution in [2.24, 2.45) is 0 Å². The fourth-order valence-electron chi connectivity index (χ4n) is 2.34. The lowest BCUT2D eigenvalue weighted by Crippen LogP contribution is -2.53. The number of hydrogen-bond acceptors (Lipinski definition) is 4. The predicted octanol–water partition coefficient (Wildman–Crippen LogP) is 2.70. The van der Waals surface area contributed by atoms with Crippen molar-refractivity contribution < 1.29 is 18.7 Å². The van der Waals surface area contributed by atoms with Crippen molar-refractivity contribution in [1.29, 1.82) is 0 Å². The van der Waals surface area contributed by atoms with Gasteiger partial charge in [-0.3, -0.25) is 9.69 Å². The Labute approximate surface area is 129 Å². The van der Waals surface area contributed by atoms with E-state index in [1.807, 2.05) is 6.92 Å². The molecule has 0 aromatic heterocycles. The molecule has 3 atom stereocenters. The van der Waals surface area contributed by atoms with Gasteiger partial charge in [-0.1, -0.05) is 6.92 Å². The zero-order valence-corrected chi connectivity index (χ0v) is 13.2. The molecule has 0 fully saturated rings. The van der Waals surface area contributed by atoms with E-state index in [4.69, 9.17) is 4.74 Å². The molecule has 0 spiro atoms. The van der Waals surface area contributed by atoms with Crippen molar-refractivity contribution in [3.05, 3.63) is 24.0 Å². The maximum absolute atomic E-state index is 13.4. The van der Waals surface area contributed by atoms with Crippen LogP contribution in [0.15, 0.2) is 18.2 Å². The molecule has 1 aliphatic rings. The van der Waals surface area contributed by atoms with Crippen molar-refractivity contribution in [2.75, 3.05) is 10.2 Å². The molecule has 1 aliphatic heterocycles. The monoisotopic (exact) mass is 308 g/mol. The molecule has 1 amide bonds. The minimum Gasteiger partial charge on any atom is -0.461 e. The fourth-order valence-corrected chi connectivity index (χ4v) is 2.34. The molecule has 0 aliphatic carbocycles. The van der Waals surface area contributed by atoms with Gasteiger partial charge in [0.2, 0.25) is 5.91 Å². The summed E-state index contributed by atoms with van der Waals surface area (Å²) in [5, 5.41) is 2.94. The summed E-state index contributed by atoms with van der Waals surface area (Å²) in [6.45, 7) is 7.01. The summed E-state index contributed by atoms with van der Waals surface area (Å²) in [6.07, 6.45) is 0.490. The molecular weight excluding hydrogens is 287 g/mol. The molecule has 6 heteroatoms. The lowest BCUT2D eigenvalue weighted by molar-refractivity contribution is -0.150. The number of hydrogen-bond donors (Lipinski definition) is 1. The van der Waals surface area contributed by atoms with Crippen LogP contribution in [0.4, 0.5) is 15.8 Å². The predicted molar refractivity (Wildman–Crippen MR) is 82.3 cm³/mol. The third kappa shape index (κ3) is 3.05. The maximum Gasteiger partial charge on any atom is 0.329 e. The number of rotatable bonds is 4. The third-order valence-electron chi connectivity index (χ3n) is 3.82. The Morgan fingerprint density at radius 1 is 1.45 bits per heavy atom. The van der Waals surface area contributed by atoms with E-state index in [9.17, 15) is 14.0 Å². The van der Waals surface area contributed by atoms with Crippen LogP contribution in [0.5, 0.6) is 0 Å². The van der Waals surface area contributed by atoms with E-state index < -0.39 is 23.9 Å². The summed E-state index contributed by atoms with van der Waals surface area (Å²) in [7, 11) is 0. The summed E-state index contributed by atoms with van der Waals surface area (Å²) >= 11 is 0. The molecule has 1 aromatic rings. The highest BCUT2D eigenvalue weighted by atomic mass is 19.1. The minimum absolute atomic E-state index is 0.210. The first-order valence-electron chi connectivity index (χ1n) is 7.44. The van der Waals surface area contributed by atoms with Gasteiger partial charge in [0.25, 0.3) is 0 Å². The standard InChI is InChI=1S/C16H21FN2O3/c1-5-9(2)22-16(21)11(4)19-14-7-6-12(17)8-13(14)18-10(3)15(19)20/h6-11,18H,5H2,1-4H3. The largest absolute Gasteiger partial charge is 0.461 e. The Hall–Kier alpha value is -2.11. The van der Waals surface area contributed by atoms with Gasteiger partial charge < -0.3 is 10.1 Å². The summed E-state index contributed by atoms with van der Waals surface area (Å²) in [6, 6.07) is 2.78. The Morgan fingerprint density at radius 3 is 2.77 bits per heavy atom. The molecule has 22 heavy (non-hydrogen) atoms. The summed E-state index contributed by atoms with van der Waals surface area (Å²) in [4.78, 5) is 26.0. The van der Waals surface area contributed by atoms with E-state index in [1.54, 1.807) is 20.8 Å². The first-order valence-corrected chi connectivity index (χ1v) is 7.44. The van der Waals surface area contributed by atoms with Gasteiger partial charge in [0.1, 0.15) is 17.9 Å². The zero-order valence-electron chi connectivity index (χ0n) is 13.2. The van der Waals surface area contributed by atoms with Gasteiger partial charge in [0.15, 0.2) is 0 Å². The molecule has 1 N–H and O–H groups in total. The quantitative estimate of drug-likeness (QED) is 0.869. The summed E-state index contributed by atoms with van der Waals surface area (Å²) in [5.74, 6) is -1.11. The van der Waals surface area contributed by atoms with Crippen LogP contribution >= 0.6 is 0 Å². The van der Waals surface area contributed by atoms with Crippen LogP contribution in [0.1, 0.15) is 34.1 Å². The van der Waals surface area contributed by atoms with E-state index in [0.29, 0.717) is 17.8 Å². The van der Waals surface area contributed by atoms with Gasteiger partial charge in [0, 0.05) is 0 Å². The highest BCUT2D eigenvalue weighted by molar-refractivity contribution is 6.08. The average molecular weight is 308 g/mol. The van der Waals surface area contributed by atoms with Crippen LogP contribution in [0.3, 0.4) is 0 Å². The van der Waals surface area contributed by atoms with Crippen molar-refractivity contribution in [1.82, 2.24) is 0 Å². The first-order chi connectivity index (χ1) is 10.3. The molecule has 3 unspecified atom stereocenters. The topological polar surface area (TPSA) is 58.6 Å². The number of amides is 1. The molecule has 1 aromatic carbocycles. The lowest BCUT2D eigenvalue weighted by atomic mass is 10.1. The van der Waals surface area contributed by atoms with E-state index in [2.05, 4.69) is 5.32 Å². The Balaban J connectivity index is 2.32. The molecule has 2 rings (SSSR count). The molecule has 0 radical (unpaired) electrons. The van der Waals surface area contributed by atoms with Crippen LogP contribution in [-0.2, 0) is 14.3 Å². The van der Waals surface area contributed by atoms with Gasteiger partial charge in [-0.2, -0.15) is 0 Å². The second-order valence-corrected chi connectivity index (χ2v) is 5.57. The van der Waals surface area contributed by atoms with Gasteiger partial charge in [-0.05, 0) is 45.4 Å². The van der Waals surface area contributed by atoms with Crippen molar-refractivity contribution >= 4 is 23.3 Å². The van der Waals surface area contributed by atoms with Crippen LogP contribution in [-0.4, -0.2) is 30.1 Å². The van der Waals surface area contributed by atoms with Gasteiger partial charge in [-0.25, -0.2) is 9.18 Å². The lowest BCUT2D eigenvalue weighted by Gasteiger charge is -2.37. The number of carbonyl (C=O) groups is 2. The number of anilines is 2. The van der Waals surface area contributed by atoms with Gasteiger partial charge in [-0.15, -0.1) is 0 Å².